The van der Waals surface area contributed by atoms with Gasteiger partial charge in [-0.05, 0) is 40.5 Å². The van der Waals surface area contributed by atoms with Crippen molar-refractivity contribution < 1.29 is 19.1 Å². The molecule has 0 aromatic heterocycles. The predicted molar refractivity (Wildman–Crippen MR) is 81.8 cm³/mol. The number of halogens is 1. The summed E-state index contributed by atoms with van der Waals surface area (Å²) in [7, 11) is 0. The average molecular weight is 309 g/mol. The number of ether oxygens (including phenoxy) is 2. The average Bonchev–Trinajstić information content (AvgIpc) is 2.37. The molecule has 0 saturated carbocycles. The lowest BCUT2D eigenvalue weighted by molar-refractivity contribution is -0.153. The van der Waals surface area contributed by atoms with E-state index in [1.165, 1.54) is 0 Å². The molecule has 120 valence electrons. The molecule has 0 atom stereocenters. The minimum atomic E-state index is -0.384. The van der Waals surface area contributed by atoms with Gasteiger partial charge in [-0.3, -0.25) is 9.59 Å². The summed E-state index contributed by atoms with van der Waals surface area (Å²) in [6.45, 7) is 12.0. The van der Waals surface area contributed by atoms with Gasteiger partial charge in [0.1, 0.15) is 0 Å². The number of hydrogen-bond donors (Lipinski definition) is 0. The molecule has 0 unspecified atom stereocenters. The van der Waals surface area contributed by atoms with E-state index < -0.39 is 0 Å². The van der Waals surface area contributed by atoms with Gasteiger partial charge in [0.15, 0.2) is 0 Å². The fourth-order valence-corrected chi connectivity index (χ4v) is 1.38. The van der Waals surface area contributed by atoms with Crippen LogP contribution in [0.2, 0.25) is 0 Å². The van der Waals surface area contributed by atoms with Crippen LogP contribution in [0.5, 0.6) is 0 Å². The third kappa shape index (κ3) is 11.1. The summed E-state index contributed by atoms with van der Waals surface area (Å²) in [4.78, 5) is 21.8. The monoisotopic (exact) mass is 308 g/mol. The van der Waals surface area contributed by atoms with Gasteiger partial charge in [0.25, 0.3) is 0 Å². The van der Waals surface area contributed by atoms with Gasteiger partial charge < -0.3 is 9.47 Å². The van der Waals surface area contributed by atoms with E-state index in [9.17, 15) is 9.59 Å². The van der Waals surface area contributed by atoms with Crippen LogP contribution in [0.25, 0.3) is 0 Å². The van der Waals surface area contributed by atoms with Crippen molar-refractivity contribution in [3.63, 3.8) is 0 Å². The van der Waals surface area contributed by atoms with Crippen LogP contribution >= 0.6 is 11.6 Å². The van der Waals surface area contributed by atoms with Gasteiger partial charge in [0, 0.05) is 5.88 Å². The number of carbonyl (C=O) groups is 2. The topological polar surface area (TPSA) is 52.6 Å². The maximum Gasteiger partial charge on any atom is 0.311 e. The first-order chi connectivity index (χ1) is 9.22. The molecule has 0 heterocycles. The smallest absolute Gasteiger partial charge is 0.311 e. The molecule has 0 aromatic carbocycles. The fourth-order valence-electron chi connectivity index (χ4n) is 1.25. The van der Waals surface area contributed by atoms with Gasteiger partial charge in [0.05, 0.1) is 24.5 Å². The molecular weight excluding hydrogens is 280 g/mol. The van der Waals surface area contributed by atoms with Gasteiger partial charge >= 0.3 is 11.9 Å². The zero-order valence-electron chi connectivity index (χ0n) is 13.6. The highest BCUT2D eigenvalue weighted by Gasteiger charge is 2.28. The fraction of sp³-hybridized carbons (Fsp3) is 0.867. The SMILES string of the molecule is CCOC(=O)C(C)(C)CCCCl.CCOC(=O)C(C)C. The van der Waals surface area contributed by atoms with Crippen LogP contribution in [0.3, 0.4) is 0 Å². The van der Waals surface area contributed by atoms with Gasteiger partial charge in [-0.1, -0.05) is 13.8 Å². The Balaban J connectivity index is 0. The Kier molecular flexibility index (Phi) is 12.9. The molecule has 0 spiro atoms. The zero-order chi connectivity index (χ0) is 16.2. The van der Waals surface area contributed by atoms with Crippen LogP contribution in [-0.2, 0) is 19.1 Å². The van der Waals surface area contributed by atoms with Crippen molar-refractivity contribution in [1.82, 2.24) is 0 Å². The molecule has 0 fully saturated rings. The van der Waals surface area contributed by atoms with E-state index in [4.69, 9.17) is 16.3 Å². The van der Waals surface area contributed by atoms with E-state index in [2.05, 4.69) is 4.74 Å². The molecule has 0 bridgehead atoms. The Morgan fingerprint density at radius 1 is 1.10 bits per heavy atom. The normalized spacial score (nSPS) is 10.6. The lowest BCUT2D eigenvalue weighted by Crippen LogP contribution is -2.26. The van der Waals surface area contributed by atoms with Crippen molar-refractivity contribution in [3.8, 4) is 0 Å². The zero-order valence-corrected chi connectivity index (χ0v) is 14.4. The largest absolute Gasteiger partial charge is 0.466 e. The third-order valence-electron chi connectivity index (χ3n) is 2.52. The maximum absolute atomic E-state index is 11.3. The number of carbonyl (C=O) groups excluding carboxylic acids is 2. The molecule has 0 aromatic rings. The van der Waals surface area contributed by atoms with E-state index >= 15 is 0 Å². The first-order valence-corrected chi connectivity index (χ1v) is 7.66. The van der Waals surface area contributed by atoms with Gasteiger partial charge in [-0.15, -0.1) is 11.6 Å². The summed E-state index contributed by atoms with van der Waals surface area (Å²) in [5.74, 6) is 0.362. The molecule has 0 rings (SSSR count). The van der Waals surface area contributed by atoms with Gasteiger partial charge in [0.2, 0.25) is 0 Å². The molecular formula is C15H29ClO4. The number of hydrogen-bond acceptors (Lipinski definition) is 4. The highest BCUT2D eigenvalue weighted by molar-refractivity contribution is 6.17. The summed E-state index contributed by atoms with van der Waals surface area (Å²) < 4.78 is 9.59. The number of esters is 2. The van der Waals surface area contributed by atoms with Gasteiger partial charge in [-0.2, -0.15) is 0 Å². The Hall–Kier alpha value is -0.770. The van der Waals surface area contributed by atoms with E-state index in [1.807, 2.05) is 34.6 Å². The van der Waals surface area contributed by atoms with Crippen molar-refractivity contribution >= 4 is 23.5 Å². The van der Waals surface area contributed by atoms with Crippen LogP contribution in [0, 0.1) is 11.3 Å². The van der Waals surface area contributed by atoms with Crippen molar-refractivity contribution in [2.75, 3.05) is 19.1 Å². The highest BCUT2D eigenvalue weighted by Crippen LogP contribution is 2.24. The molecule has 0 saturated heterocycles. The lowest BCUT2D eigenvalue weighted by atomic mass is 9.88. The number of alkyl halides is 1. The van der Waals surface area contributed by atoms with Crippen LogP contribution in [0.1, 0.15) is 54.4 Å². The third-order valence-corrected chi connectivity index (χ3v) is 2.79. The Morgan fingerprint density at radius 2 is 1.60 bits per heavy atom. The second-order valence-corrected chi connectivity index (χ2v) is 5.68. The first kappa shape index (κ1) is 21.5. The molecule has 0 radical (unpaired) electrons. The summed E-state index contributed by atoms with van der Waals surface area (Å²) in [6.07, 6.45) is 1.64. The lowest BCUT2D eigenvalue weighted by Gasteiger charge is -2.21. The summed E-state index contributed by atoms with van der Waals surface area (Å²) in [6, 6.07) is 0. The second-order valence-electron chi connectivity index (χ2n) is 5.30. The summed E-state index contributed by atoms with van der Waals surface area (Å²) in [5.41, 5.74) is -0.384. The molecule has 0 aliphatic rings. The van der Waals surface area contributed by atoms with E-state index in [0.29, 0.717) is 19.1 Å². The van der Waals surface area contributed by atoms with Crippen molar-refractivity contribution in [2.45, 2.75) is 54.4 Å². The van der Waals surface area contributed by atoms with Crippen molar-refractivity contribution in [3.05, 3.63) is 0 Å². The molecule has 0 N–H and O–H groups in total. The van der Waals surface area contributed by atoms with Crippen molar-refractivity contribution in [2.24, 2.45) is 11.3 Å². The van der Waals surface area contributed by atoms with Crippen LogP contribution < -0.4 is 0 Å². The first-order valence-electron chi connectivity index (χ1n) is 7.12. The predicted octanol–water partition coefficient (Wildman–Crippen LogP) is 3.80. The standard InChI is InChI=1S/C9H17ClO2.C6H12O2/c1-4-12-8(11)9(2,3)6-5-7-10;1-4-8-6(7)5(2)3/h4-7H2,1-3H3;5H,4H2,1-3H3. The quantitative estimate of drug-likeness (QED) is 0.530. The minimum Gasteiger partial charge on any atom is -0.466 e. The Morgan fingerprint density at radius 3 is 1.90 bits per heavy atom. The summed E-state index contributed by atoms with van der Waals surface area (Å²) >= 11 is 5.54. The Bertz CT molecular complexity index is 275. The molecule has 0 amide bonds. The van der Waals surface area contributed by atoms with E-state index in [0.717, 1.165) is 12.8 Å². The van der Waals surface area contributed by atoms with Crippen LogP contribution in [0.15, 0.2) is 0 Å². The number of rotatable bonds is 7. The molecule has 0 aliphatic carbocycles. The second kappa shape index (κ2) is 12.0. The highest BCUT2D eigenvalue weighted by atomic mass is 35.5. The van der Waals surface area contributed by atoms with Crippen LogP contribution in [-0.4, -0.2) is 31.0 Å². The summed E-state index contributed by atoms with van der Waals surface area (Å²) in [5, 5.41) is 0. The van der Waals surface area contributed by atoms with E-state index in [-0.39, 0.29) is 23.3 Å². The molecule has 20 heavy (non-hydrogen) atoms. The molecule has 4 nitrogen and oxygen atoms in total. The van der Waals surface area contributed by atoms with Crippen LogP contribution in [0.4, 0.5) is 0 Å². The molecule has 0 aliphatic heterocycles. The van der Waals surface area contributed by atoms with Gasteiger partial charge in [-0.25, -0.2) is 0 Å². The molecule has 5 heteroatoms. The van der Waals surface area contributed by atoms with E-state index in [1.54, 1.807) is 6.92 Å². The Labute approximate surface area is 128 Å². The maximum atomic E-state index is 11.3. The van der Waals surface area contributed by atoms with Crippen molar-refractivity contribution in [1.29, 1.82) is 0 Å². The minimum absolute atomic E-state index is 0.00921.